The summed E-state index contributed by atoms with van der Waals surface area (Å²) < 4.78 is 33.6. The van der Waals surface area contributed by atoms with Gasteiger partial charge in [-0.2, -0.15) is 0 Å². The van der Waals surface area contributed by atoms with Crippen LogP contribution in [0.25, 0.3) is 0 Å². The molecule has 0 aliphatic heterocycles. The molecule has 0 saturated heterocycles. The van der Waals surface area contributed by atoms with Crippen LogP contribution in [0.3, 0.4) is 0 Å². The van der Waals surface area contributed by atoms with Crippen LogP contribution in [0.15, 0.2) is 72.9 Å². The summed E-state index contributed by atoms with van der Waals surface area (Å²) in [4.78, 5) is 37.2. The van der Waals surface area contributed by atoms with E-state index in [4.69, 9.17) is 18.5 Å². The van der Waals surface area contributed by atoms with Crippen LogP contribution >= 0.6 is 7.82 Å². The molecule has 51 heavy (non-hydrogen) atoms. The zero-order chi connectivity index (χ0) is 37.9. The fourth-order valence-electron chi connectivity index (χ4n) is 4.50. The highest BCUT2D eigenvalue weighted by molar-refractivity contribution is 7.45. The highest BCUT2D eigenvalue weighted by Crippen LogP contribution is 2.38. The summed E-state index contributed by atoms with van der Waals surface area (Å²) in [6.45, 7) is 3.95. The molecule has 0 heterocycles. The number of unbranched alkanes of at least 4 members (excludes halogenated alkanes) is 7. The van der Waals surface area contributed by atoms with E-state index < -0.39 is 32.5 Å². The first kappa shape index (κ1) is 48.5. The van der Waals surface area contributed by atoms with Crippen LogP contribution in [-0.2, 0) is 32.7 Å². The highest BCUT2D eigenvalue weighted by atomic mass is 31.2. The summed E-state index contributed by atoms with van der Waals surface area (Å²) in [6.07, 6.45) is 39.6. The maximum atomic E-state index is 12.6. The number of likely N-dealkylation sites (N-methyl/N-ethyl adjacent to an activating group) is 1. The zero-order valence-corrected chi connectivity index (χ0v) is 33.4. The summed E-state index contributed by atoms with van der Waals surface area (Å²) in [5.41, 5.74) is 0. The number of rotatable bonds is 33. The minimum absolute atomic E-state index is 0.0473. The summed E-state index contributed by atoms with van der Waals surface area (Å²) in [5, 5.41) is 0. The second kappa shape index (κ2) is 33.3. The van der Waals surface area contributed by atoms with E-state index in [0.717, 1.165) is 64.2 Å². The Hall–Kier alpha value is -2.55. The van der Waals surface area contributed by atoms with Crippen molar-refractivity contribution < 1.29 is 42.1 Å². The standard InChI is InChI=1S/C41H70NO8P/c1-6-8-10-12-14-16-17-18-19-20-21-22-23-24-25-26-28-30-32-34-41(44)50-39(38-49-51(45,46)48-36-35-42(3,4)5)37-47-40(43)33-31-29-27-15-13-11-9-7-2/h8,10,14,16,18-19,21-22,24-25,28,30,39H,6-7,9,11-13,15,17,20,23,26-27,29,31-38H2,1-5H3/b10-8+,16-14+,19-18+,22-21+,25-24+,30-28+/t39-/m1/s1. The molecule has 0 aromatic carbocycles. The topological polar surface area (TPSA) is 111 Å². The minimum Gasteiger partial charge on any atom is -0.756 e. The molecule has 0 spiro atoms. The van der Waals surface area contributed by atoms with E-state index in [0.29, 0.717) is 17.4 Å². The maximum Gasteiger partial charge on any atom is 0.306 e. The van der Waals surface area contributed by atoms with E-state index in [-0.39, 0.29) is 26.1 Å². The number of phosphoric acid groups is 1. The molecule has 9 nitrogen and oxygen atoms in total. The van der Waals surface area contributed by atoms with Crippen molar-refractivity contribution in [2.45, 2.75) is 129 Å². The van der Waals surface area contributed by atoms with Gasteiger partial charge in [0.25, 0.3) is 7.82 Å². The SMILES string of the molecule is CC/C=C/C/C=C/C/C=C/C/C=C/C/C=C/C/C=C/CCC(=O)O[C@H](COC(=O)CCCCCCCCCC)COP(=O)([O-])OCC[N+](C)(C)C. The van der Waals surface area contributed by atoms with Crippen molar-refractivity contribution in [1.29, 1.82) is 0 Å². The first-order valence-electron chi connectivity index (χ1n) is 19.1. The average molecular weight is 736 g/mol. The number of carbonyl (C=O) groups excluding carboxylic acids is 2. The van der Waals surface area contributed by atoms with Crippen molar-refractivity contribution in [2.24, 2.45) is 0 Å². The number of hydrogen-bond acceptors (Lipinski definition) is 8. The lowest BCUT2D eigenvalue weighted by Crippen LogP contribution is -2.37. The molecule has 0 bridgehead atoms. The van der Waals surface area contributed by atoms with Gasteiger partial charge in [-0.15, -0.1) is 0 Å². The van der Waals surface area contributed by atoms with Gasteiger partial charge in [0.15, 0.2) is 6.10 Å². The monoisotopic (exact) mass is 735 g/mol. The molecule has 0 fully saturated rings. The molecule has 0 aromatic heterocycles. The number of phosphoric ester groups is 1. The fourth-order valence-corrected chi connectivity index (χ4v) is 5.23. The summed E-state index contributed by atoms with van der Waals surface area (Å²) in [6, 6.07) is 0. The molecule has 1 unspecified atom stereocenters. The Balaban J connectivity index is 4.55. The molecule has 0 aromatic rings. The maximum absolute atomic E-state index is 12.6. The Morgan fingerprint density at radius 1 is 0.627 bits per heavy atom. The largest absolute Gasteiger partial charge is 0.756 e. The molecule has 0 N–H and O–H groups in total. The molecule has 0 rings (SSSR count). The normalized spacial score (nSPS) is 14.5. The van der Waals surface area contributed by atoms with Crippen molar-refractivity contribution in [3.8, 4) is 0 Å². The third-order valence-corrected chi connectivity index (χ3v) is 8.47. The van der Waals surface area contributed by atoms with Gasteiger partial charge in [0, 0.05) is 12.8 Å². The predicted octanol–water partition coefficient (Wildman–Crippen LogP) is 9.66. The quantitative estimate of drug-likeness (QED) is 0.0215. The van der Waals surface area contributed by atoms with Gasteiger partial charge in [-0.3, -0.25) is 14.2 Å². The Kier molecular flexibility index (Phi) is 31.6. The Labute approximate surface area is 310 Å². The van der Waals surface area contributed by atoms with Gasteiger partial charge >= 0.3 is 11.9 Å². The Morgan fingerprint density at radius 2 is 1.12 bits per heavy atom. The summed E-state index contributed by atoms with van der Waals surface area (Å²) >= 11 is 0. The molecule has 0 aliphatic rings. The van der Waals surface area contributed by atoms with Gasteiger partial charge in [-0.25, -0.2) is 0 Å². The average Bonchev–Trinajstić information content (AvgIpc) is 3.07. The first-order valence-corrected chi connectivity index (χ1v) is 20.6. The smallest absolute Gasteiger partial charge is 0.306 e. The van der Waals surface area contributed by atoms with Crippen LogP contribution < -0.4 is 4.89 Å². The van der Waals surface area contributed by atoms with Gasteiger partial charge in [0.2, 0.25) is 0 Å². The number of nitrogens with zero attached hydrogens (tertiary/aromatic N) is 1. The Morgan fingerprint density at radius 3 is 1.63 bits per heavy atom. The van der Waals surface area contributed by atoms with E-state index in [2.05, 4.69) is 74.6 Å². The van der Waals surface area contributed by atoms with E-state index in [9.17, 15) is 19.0 Å². The molecular weight excluding hydrogens is 665 g/mol. The number of ether oxygens (including phenoxy) is 2. The third-order valence-electron chi connectivity index (χ3n) is 7.50. The lowest BCUT2D eigenvalue weighted by molar-refractivity contribution is -0.870. The van der Waals surface area contributed by atoms with E-state index in [1.807, 2.05) is 33.3 Å². The second-order valence-electron chi connectivity index (χ2n) is 13.6. The van der Waals surface area contributed by atoms with Crippen molar-refractivity contribution in [3.05, 3.63) is 72.9 Å². The Bertz CT molecular complexity index is 1100. The van der Waals surface area contributed by atoms with Gasteiger partial charge < -0.3 is 27.9 Å². The van der Waals surface area contributed by atoms with Crippen LogP contribution in [0, 0.1) is 0 Å². The number of carbonyl (C=O) groups is 2. The molecule has 2 atom stereocenters. The third kappa shape index (κ3) is 37.0. The van der Waals surface area contributed by atoms with Crippen molar-refractivity contribution in [3.63, 3.8) is 0 Å². The number of allylic oxidation sites excluding steroid dienone is 12. The van der Waals surface area contributed by atoms with Gasteiger partial charge in [0.05, 0.1) is 27.7 Å². The highest BCUT2D eigenvalue weighted by Gasteiger charge is 2.21. The van der Waals surface area contributed by atoms with Gasteiger partial charge in [0.1, 0.15) is 19.8 Å². The fraction of sp³-hybridized carbons (Fsp3) is 0.659. The zero-order valence-electron chi connectivity index (χ0n) is 32.5. The lowest BCUT2D eigenvalue weighted by atomic mass is 10.1. The molecular formula is C41H70NO8P. The molecule has 10 heteroatoms. The molecule has 0 radical (unpaired) electrons. The van der Waals surface area contributed by atoms with Crippen molar-refractivity contribution >= 4 is 19.8 Å². The molecule has 0 saturated carbocycles. The minimum atomic E-state index is -4.64. The number of esters is 2. The predicted molar refractivity (Wildman–Crippen MR) is 208 cm³/mol. The van der Waals surface area contributed by atoms with Crippen LogP contribution in [0.4, 0.5) is 0 Å². The van der Waals surface area contributed by atoms with Crippen LogP contribution in [0.1, 0.15) is 123 Å². The van der Waals surface area contributed by atoms with Crippen molar-refractivity contribution in [2.75, 3.05) is 47.5 Å². The second-order valence-corrected chi connectivity index (χ2v) is 15.0. The summed E-state index contributed by atoms with van der Waals surface area (Å²) in [7, 11) is 1.11. The number of hydrogen-bond donors (Lipinski definition) is 0. The molecule has 0 aliphatic carbocycles. The van der Waals surface area contributed by atoms with Gasteiger partial charge in [-0.05, 0) is 51.4 Å². The van der Waals surface area contributed by atoms with Crippen molar-refractivity contribution in [1.82, 2.24) is 0 Å². The van der Waals surface area contributed by atoms with Gasteiger partial charge in [-0.1, -0.05) is 132 Å². The van der Waals surface area contributed by atoms with E-state index in [1.54, 1.807) is 0 Å². The first-order chi connectivity index (χ1) is 24.5. The van der Waals surface area contributed by atoms with Crippen LogP contribution in [0.5, 0.6) is 0 Å². The van der Waals surface area contributed by atoms with E-state index in [1.165, 1.54) is 25.7 Å². The molecule has 292 valence electrons. The van der Waals surface area contributed by atoms with E-state index >= 15 is 0 Å². The lowest BCUT2D eigenvalue weighted by Gasteiger charge is -2.28. The number of quaternary nitrogens is 1. The molecule has 0 amide bonds. The summed E-state index contributed by atoms with van der Waals surface area (Å²) in [5.74, 6) is -0.946. The van der Waals surface area contributed by atoms with Crippen LogP contribution in [0.2, 0.25) is 0 Å². The van der Waals surface area contributed by atoms with Crippen LogP contribution in [-0.4, -0.2) is 70.0 Å².